The van der Waals surface area contributed by atoms with Crippen LogP contribution < -0.4 is 14.8 Å². The van der Waals surface area contributed by atoms with Gasteiger partial charge >= 0.3 is 0 Å². The van der Waals surface area contributed by atoms with Crippen molar-refractivity contribution in [1.82, 2.24) is 15.0 Å². The molecule has 0 aliphatic heterocycles. The Hall–Kier alpha value is -3.04. The number of pyridine rings is 1. The van der Waals surface area contributed by atoms with E-state index in [2.05, 4.69) is 36.2 Å². The number of nitrogens with zero attached hydrogens (tertiary/aromatic N) is 2. The Balaban J connectivity index is 1.42. The number of aromatic amines is 1. The number of carbonyl (C=O) groups excluding carboxylic acids is 1. The van der Waals surface area contributed by atoms with Crippen molar-refractivity contribution >= 4 is 50.3 Å². The van der Waals surface area contributed by atoms with Crippen LogP contribution in [0, 0.1) is 13.8 Å². The van der Waals surface area contributed by atoms with Gasteiger partial charge in [-0.1, -0.05) is 39.8 Å². The van der Waals surface area contributed by atoms with Crippen molar-refractivity contribution < 1.29 is 14.3 Å². The third-order valence-electron chi connectivity index (χ3n) is 5.04. The molecule has 2 aromatic heterocycles. The van der Waals surface area contributed by atoms with E-state index in [4.69, 9.17) is 9.47 Å². The molecule has 170 valence electrons. The van der Waals surface area contributed by atoms with Crippen molar-refractivity contribution in [3.05, 3.63) is 70.0 Å². The highest BCUT2D eigenvalue weighted by Crippen LogP contribution is 2.30. The Bertz CT molecular complexity index is 1280. The number of aromatic nitrogens is 3. The third-order valence-corrected chi connectivity index (χ3v) is 6.42. The molecule has 0 saturated carbocycles. The molecule has 0 saturated heterocycles. The summed E-state index contributed by atoms with van der Waals surface area (Å²) < 4.78 is 12.1. The zero-order valence-electron chi connectivity index (χ0n) is 18.4. The molecule has 0 aliphatic carbocycles. The van der Waals surface area contributed by atoms with Gasteiger partial charge in [0.25, 0.3) is 5.91 Å². The van der Waals surface area contributed by atoms with Gasteiger partial charge in [0, 0.05) is 27.5 Å². The number of halogens is 1. The first kappa shape index (κ1) is 23.1. The third kappa shape index (κ3) is 5.48. The lowest BCUT2D eigenvalue weighted by Crippen LogP contribution is -2.21. The van der Waals surface area contributed by atoms with E-state index in [1.165, 1.54) is 0 Å². The molecule has 9 heteroatoms. The summed E-state index contributed by atoms with van der Waals surface area (Å²) in [5.41, 5.74) is 5.18. The summed E-state index contributed by atoms with van der Waals surface area (Å²) in [6.45, 7) is 3.75. The van der Waals surface area contributed by atoms with Crippen molar-refractivity contribution in [2.45, 2.75) is 24.8 Å². The number of imidazole rings is 1. The highest BCUT2D eigenvalue weighted by molar-refractivity contribution is 9.10. The molecule has 0 aliphatic rings. The number of hydrogen-bond acceptors (Lipinski definition) is 6. The molecule has 0 unspecified atom stereocenters. The number of ether oxygens (including phenoxy) is 2. The number of nitrogens with one attached hydrogen (secondary N) is 2. The minimum Gasteiger partial charge on any atom is -0.495 e. The number of anilines is 1. The second kappa shape index (κ2) is 10.3. The maximum Gasteiger partial charge on any atom is 0.262 e. The summed E-state index contributed by atoms with van der Waals surface area (Å²) in [6, 6.07) is 13.3. The van der Waals surface area contributed by atoms with Gasteiger partial charge in [-0.15, -0.1) is 0 Å². The topological polar surface area (TPSA) is 89.1 Å². The fraction of sp³-hybridized carbons (Fsp3) is 0.208. The Morgan fingerprint density at radius 2 is 2.03 bits per heavy atom. The monoisotopic (exact) mass is 526 g/mol. The van der Waals surface area contributed by atoms with Gasteiger partial charge in [0.1, 0.15) is 11.5 Å². The first-order valence-corrected chi connectivity index (χ1v) is 12.0. The van der Waals surface area contributed by atoms with Crippen LogP contribution in [-0.2, 0) is 10.5 Å². The van der Waals surface area contributed by atoms with Crippen molar-refractivity contribution in [3.63, 3.8) is 0 Å². The molecule has 0 fully saturated rings. The van der Waals surface area contributed by atoms with Crippen LogP contribution >= 0.6 is 27.7 Å². The number of carbonyl (C=O) groups is 1. The van der Waals surface area contributed by atoms with Gasteiger partial charge in [-0.3, -0.25) is 9.78 Å². The van der Waals surface area contributed by atoms with Gasteiger partial charge in [0.05, 0.1) is 29.5 Å². The van der Waals surface area contributed by atoms with Crippen molar-refractivity contribution in [2.75, 3.05) is 19.0 Å². The van der Waals surface area contributed by atoms with Gasteiger partial charge in [-0.2, -0.15) is 0 Å². The highest BCUT2D eigenvalue weighted by Gasteiger charge is 2.15. The summed E-state index contributed by atoms with van der Waals surface area (Å²) in [7, 11) is 1.56. The number of rotatable bonds is 8. The second-order valence-electron chi connectivity index (χ2n) is 7.37. The first-order valence-electron chi connectivity index (χ1n) is 10.2. The molecule has 1 amide bonds. The molecule has 33 heavy (non-hydrogen) atoms. The fourth-order valence-electron chi connectivity index (χ4n) is 3.36. The Morgan fingerprint density at radius 3 is 2.82 bits per heavy atom. The van der Waals surface area contributed by atoms with E-state index >= 15 is 0 Å². The molecule has 2 aromatic carbocycles. The summed E-state index contributed by atoms with van der Waals surface area (Å²) >= 11 is 4.98. The minimum atomic E-state index is -0.278. The van der Waals surface area contributed by atoms with Crippen molar-refractivity contribution in [1.29, 1.82) is 0 Å². The lowest BCUT2D eigenvalue weighted by atomic mass is 10.1. The Kier molecular flexibility index (Phi) is 7.20. The second-order valence-corrected chi connectivity index (χ2v) is 9.25. The zero-order chi connectivity index (χ0) is 23.4. The normalized spacial score (nSPS) is 10.9. The molecule has 2 N–H and O–H groups in total. The van der Waals surface area contributed by atoms with Crippen LogP contribution in [-0.4, -0.2) is 34.6 Å². The molecular weight excluding hydrogens is 504 g/mol. The number of fused-ring (bicyclic) bond motifs is 1. The number of thioether (sulfide) groups is 1. The lowest BCUT2D eigenvalue weighted by Gasteiger charge is -2.15. The molecule has 4 aromatic rings. The number of para-hydroxylation sites is 2. The predicted octanol–water partition coefficient (Wildman–Crippen LogP) is 5.66. The SMILES string of the molecule is COc1ccc(Br)cc1NC(=O)COc1c(C)cnc(CSc2nc3ccccc3[nH]2)c1C. The Labute approximate surface area is 204 Å². The Morgan fingerprint density at radius 1 is 1.21 bits per heavy atom. The fourth-order valence-corrected chi connectivity index (χ4v) is 4.63. The van der Waals surface area contributed by atoms with Crippen molar-refractivity contribution in [3.8, 4) is 11.5 Å². The maximum atomic E-state index is 12.5. The number of hydrogen-bond donors (Lipinski definition) is 2. The number of methoxy groups -OCH3 is 1. The highest BCUT2D eigenvalue weighted by atomic mass is 79.9. The van der Waals surface area contributed by atoms with Crippen LogP contribution in [0.15, 0.2) is 58.3 Å². The molecule has 0 atom stereocenters. The van der Waals surface area contributed by atoms with Crippen molar-refractivity contribution in [2.24, 2.45) is 0 Å². The minimum absolute atomic E-state index is 0.127. The van der Waals surface area contributed by atoms with E-state index in [0.717, 1.165) is 37.5 Å². The molecule has 2 heterocycles. The smallest absolute Gasteiger partial charge is 0.262 e. The van der Waals surface area contributed by atoms with Crippen LogP contribution in [0.1, 0.15) is 16.8 Å². The van der Waals surface area contributed by atoms with E-state index in [1.54, 1.807) is 37.2 Å². The number of amides is 1. The molecule has 7 nitrogen and oxygen atoms in total. The van der Waals surface area contributed by atoms with E-state index in [-0.39, 0.29) is 12.5 Å². The van der Waals surface area contributed by atoms with Crippen LogP contribution in [0.4, 0.5) is 5.69 Å². The summed E-state index contributed by atoms with van der Waals surface area (Å²) in [4.78, 5) is 25.0. The van der Waals surface area contributed by atoms with Gasteiger partial charge in [-0.25, -0.2) is 4.98 Å². The average molecular weight is 527 g/mol. The molecule has 0 bridgehead atoms. The van der Waals surface area contributed by atoms with Crippen LogP contribution in [0.5, 0.6) is 11.5 Å². The molecule has 4 rings (SSSR count). The standard InChI is InChI=1S/C24H23BrN4O3S/c1-14-11-26-20(13-33-24-28-17-6-4-5-7-18(17)29-24)15(2)23(14)32-12-22(30)27-19-10-16(25)8-9-21(19)31-3/h4-11H,12-13H2,1-3H3,(H,27,30)(H,28,29). The summed E-state index contributed by atoms with van der Waals surface area (Å²) in [5.74, 6) is 1.60. The molecular formula is C24H23BrN4O3S. The van der Waals surface area contributed by atoms with E-state index < -0.39 is 0 Å². The zero-order valence-corrected chi connectivity index (χ0v) is 20.8. The van der Waals surface area contributed by atoms with E-state index in [0.29, 0.717) is 22.9 Å². The predicted molar refractivity (Wildman–Crippen MR) is 134 cm³/mol. The van der Waals surface area contributed by atoms with Crippen LogP contribution in [0.3, 0.4) is 0 Å². The maximum absolute atomic E-state index is 12.5. The van der Waals surface area contributed by atoms with Crippen LogP contribution in [0.2, 0.25) is 0 Å². The largest absolute Gasteiger partial charge is 0.495 e. The van der Waals surface area contributed by atoms with Crippen LogP contribution in [0.25, 0.3) is 11.0 Å². The number of H-pyrrole nitrogens is 1. The molecule has 0 spiro atoms. The summed E-state index contributed by atoms with van der Waals surface area (Å²) in [5, 5.41) is 3.67. The van der Waals surface area contributed by atoms with E-state index in [1.807, 2.05) is 44.2 Å². The first-order chi connectivity index (χ1) is 15.9. The van der Waals surface area contributed by atoms with Gasteiger partial charge in [0.15, 0.2) is 11.8 Å². The summed E-state index contributed by atoms with van der Waals surface area (Å²) in [6.07, 6.45) is 1.77. The number of benzene rings is 2. The quantitative estimate of drug-likeness (QED) is 0.288. The van der Waals surface area contributed by atoms with Gasteiger partial charge < -0.3 is 19.8 Å². The van der Waals surface area contributed by atoms with Gasteiger partial charge in [-0.05, 0) is 44.2 Å². The number of aryl methyl sites for hydroxylation is 1. The average Bonchev–Trinajstić information content (AvgIpc) is 3.21. The molecule has 0 radical (unpaired) electrons. The lowest BCUT2D eigenvalue weighted by molar-refractivity contribution is -0.118. The van der Waals surface area contributed by atoms with E-state index in [9.17, 15) is 4.79 Å². The van der Waals surface area contributed by atoms with Gasteiger partial charge in [0.2, 0.25) is 0 Å².